The highest BCUT2D eigenvalue weighted by Gasteiger charge is 2.14. The minimum absolute atomic E-state index is 0.223. The fraction of sp³-hybridized carbons (Fsp3) is 0.0833. The SMILES string of the molecule is Fc1ccc(-c2cc(OCc3ccccc3)c(OCc3ccccc3)nn2)cc1F. The lowest BCUT2D eigenvalue weighted by Crippen LogP contribution is -2.04. The van der Waals surface area contributed by atoms with Crippen LogP contribution in [-0.4, -0.2) is 10.2 Å². The van der Waals surface area contributed by atoms with Crippen molar-refractivity contribution >= 4 is 0 Å². The number of hydrogen-bond acceptors (Lipinski definition) is 4. The molecule has 6 heteroatoms. The third-order valence-corrected chi connectivity index (χ3v) is 4.40. The Morgan fingerprint density at radius 2 is 1.27 bits per heavy atom. The lowest BCUT2D eigenvalue weighted by atomic mass is 10.1. The van der Waals surface area contributed by atoms with Crippen molar-refractivity contribution in [2.45, 2.75) is 13.2 Å². The van der Waals surface area contributed by atoms with Crippen LogP contribution in [-0.2, 0) is 13.2 Å². The summed E-state index contributed by atoms with van der Waals surface area (Å²) >= 11 is 0. The maximum Gasteiger partial charge on any atom is 0.276 e. The Hall–Kier alpha value is -3.80. The summed E-state index contributed by atoms with van der Waals surface area (Å²) in [6.07, 6.45) is 0. The van der Waals surface area contributed by atoms with Gasteiger partial charge in [0.25, 0.3) is 5.88 Å². The number of rotatable bonds is 7. The number of benzene rings is 3. The molecule has 4 aromatic rings. The van der Waals surface area contributed by atoms with Crippen LogP contribution >= 0.6 is 0 Å². The van der Waals surface area contributed by atoms with Crippen LogP contribution in [0.15, 0.2) is 84.9 Å². The van der Waals surface area contributed by atoms with Crippen molar-refractivity contribution in [1.82, 2.24) is 10.2 Å². The second kappa shape index (κ2) is 9.13. The fourth-order valence-electron chi connectivity index (χ4n) is 2.82. The quantitative estimate of drug-likeness (QED) is 0.403. The third-order valence-electron chi connectivity index (χ3n) is 4.40. The van der Waals surface area contributed by atoms with E-state index < -0.39 is 11.6 Å². The van der Waals surface area contributed by atoms with Crippen LogP contribution in [0.3, 0.4) is 0 Å². The van der Waals surface area contributed by atoms with Crippen LogP contribution in [0.4, 0.5) is 8.78 Å². The summed E-state index contributed by atoms with van der Waals surface area (Å²) in [5.41, 5.74) is 2.68. The molecule has 0 unspecified atom stereocenters. The molecule has 0 aliphatic heterocycles. The van der Waals surface area contributed by atoms with Gasteiger partial charge in [0.1, 0.15) is 13.2 Å². The molecule has 4 nitrogen and oxygen atoms in total. The highest BCUT2D eigenvalue weighted by molar-refractivity contribution is 5.61. The van der Waals surface area contributed by atoms with E-state index >= 15 is 0 Å². The Kier molecular flexibility index (Phi) is 5.94. The smallest absolute Gasteiger partial charge is 0.276 e. The molecule has 3 aromatic carbocycles. The largest absolute Gasteiger partial charge is 0.483 e. The van der Waals surface area contributed by atoms with Gasteiger partial charge in [0.2, 0.25) is 0 Å². The molecule has 0 aliphatic rings. The van der Waals surface area contributed by atoms with E-state index in [1.807, 2.05) is 60.7 Å². The molecule has 0 bridgehead atoms. The van der Waals surface area contributed by atoms with E-state index in [4.69, 9.17) is 9.47 Å². The second-order valence-corrected chi connectivity index (χ2v) is 6.58. The molecule has 1 heterocycles. The Morgan fingerprint density at radius 1 is 0.633 bits per heavy atom. The summed E-state index contributed by atoms with van der Waals surface area (Å²) in [6, 6.07) is 24.5. The highest BCUT2D eigenvalue weighted by Crippen LogP contribution is 2.30. The lowest BCUT2D eigenvalue weighted by Gasteiger charge is -2.13. The van der Waals surface area contributed by atoms with E-state index in [0.717, 1.165) is 23.3 Å². The second-order valence-electron chi connectivity index (χ2n) is 6.58. The first-order valence-corrected chi connectivity index (χ1v) is 9.35. The van der Waals surface area contributed by atoms with Crippen molar-refractivity contribution < 1.29 is 18.3 Å². The molecule has 30 heavy (non-hydrogen) atoms. The topological polar surface area (TPSA) is 44.2 Å². The summed E-state index contributed by atoms with van der Waals surface area (Å²) in [4.78, 5) is 0. The zero-order chi connectivity index (χ0) is 20.8. The first kappa shape index (κ1) is 19.5. The number of ether oxygens (including phenoxy) is 2. The number of aromatic nitrogens is 2. The summed E-state index contributed by atoms with van der Waals surface area (Å²) in [7, 11) is 0. The number of halogens is 2. The lowest BCUT2D eigenvalue weighted by molar-refractivity contribution is 0.244. The summed E-state index contributed by atoms with van der Waals surface area (Å²) < 4.78 is 38.7. The predicted octanol–water partition coefficient (Wildman–Crippen LogP) is 5.58. The Bertz CT molecular complexity index is 1120. The first-order chi connectivity index (χ1) is 14.7. The van der Waals surface area contributed by atoms with E-state index in [0.29, 0.717) is 30.2 Å². The molecule has 0 saturated carbocycles. The highest BCUT2D eigenvalue weighted by atomic mass is 19.2. The van der Waals surface area contributed by atoms with Gasteiger partial charge in [0.05, 0.1) is 5.69 Å². The number of hydrogen-bond donors (Lipinski definition) is 0. The molecule has 0 spiro atoms. The van der Waals surface area contributed by atoms with Crippen LogP contribution in [0.5, 0.6) is 11.6 Å². The van der Waals surface area contributed by atoms with Crippen LogP contribution in [0.1, 0.15) is 11.1 Å². The standard InChI is InChI=1S/C24H18F2N2O2/c25-20-12-11-19(13-21(20)26)22-14-23(29-15-17-7-3-1-4-8-17)24(28-27-22)30-16-18-9-5-2-6-10-18/h1-14H,15-16H2. The monoisotopic (exact) mass is 404 g/mol. The van der Waals surface area contributed by atoms with E-state index in [1.165, 1.54) is 6.07 Å². The van der Waals surface area contributed by atoms with E-state index in [9.17, 15) is 8.78 Å². The van der Waals surface area contributed by atoms with Gasteiger partial charge in [-0.25, -0.2) is 8.78 Å². The molecule has 4 rings (SSSR count). The van der Waals surface area contributed by atoms with Gasteiger partial charge in [-0.3, -0.25) is 0 Å². The predicted molar refractivity (Wildman–Crippen MR) is 109 cm³/mol. The van der Waals surface area contributed by atoms with Gasteiger partial charge in [-0.05, 0) is 29.3 Å². The van der Waals surface area contributed by atoms with Crippen molar-refractivity contribution in [2.75, 3.05) is 0 Å². The fourth-order valence-corrected chi connectivity index (χ4v) is 2.82. The molecule has 0 atom stereocenters. The molecule has 0 N–H and O–H groups in total. The summed E-state index contributed by atoms with van der Waals surface area (Å²) in [6.45, 7) is 0.590. The average Bonchev–Trinajstić information content (AvgIpc) is 2.80. The molecular formula is C24H18F2N2O2. The van der Waals surface area contributed by atoms with Gasteiger partial charge in [-0.2, -0.15) is 0 Å². The molecule has 150 valence electrons. The number of nitrogens with zero attached hydrogens (tertiary/aromatic N) is 2. The normalized spacial score (nSPS) is 10.6. The Labute approximate surface area is 172 Å². The molecule has 0 saturated heterocycles. The Balaban J connectivity index is 1.61. The average molecular weight is 404 g/mol. The van der Waals surface area contributed by atoms with Crippen molar-refractivity contribution in [2.24, 2.45) is 0 Å². The minimum atomic E-state index is -0.953. The third kappa shape index (κ3) is 4.78. The van der Waals surface area contributed by atoms with E-state index in [1.54, 1.807) is 6.07 Å². The molecule has 1 aromatic heterocycles. The van der Waals surface area contributed by atoms with Crippen molar-refractivity contribution in [3.05, 3.63) is 108 Å². The minimum Gasteiger partial charge on any atom is -0.483 e. The van der Waals surface area contributed by atoms with Crippen LogP contribution in [0.25, 0.3) is 11.3 Å². The molecule has 0 fully saturated rings. The van der Waals surface area contributed by atoms with Gasteiger partial charge in [-0.1, -0.05) is 60.7 Å². The van der Waals surface area contributed by atoms with Crippen molar-refractivity contribution in [3.63, 3.8) is 0 Å². The summed E-state index contributed by atoms with van der Waals surface area (Å²) in [5, 5.41) is 8.22. The molecular weight excluding hydrogens is 386 g/mol. The van der Waals surface area contributed by atoms with Gasteiger partial charge in [0, 0.05) is 11.6 Å². The van der Waals surface area contributed by atoms with Gasteiger partial charge in [0.15, 0.2) is 17.4 Å². The zero-order valence-electron chi connectivity index (χ0n) is 16.0. The first-order valence-electron chi connectivity index (χ1n) is 9.35. The molecule has 0 amide bonds. The van der Waals surface area contributed by atoms with Crippen LogP contribution in [0.2, 0.25) is 0 Å². The van der Waals surface area contributed by atoms with Crippen molar-refractivity contribution in [3.8, 4) is 22.9 Å². The maximum absolute atomic E-state index is 13.6. The maximum atomic E-state index is 13.6. The van der Waals surface area contributed by atoms with E-state index in [-0.39, 0.29) is 5.88 Å². The van der Waals surface area contributed by atoms with Crippen molar-refractivity contribution in [1.29, 1.82) is 0 Å². The van der Waals surface area contributed by atoms with Gasteiger partial charge >= 0.3 is 0 Å². The van der Waals surface area contributed by atoms with Crippen LogP contribution in [0, 0.1) is 11.6 Å². The van der Waals surface area contributed by atoms with Gasteiger partial charge in [-0.15, -0.1) is 10.2 Å². The molecule has 0 radical (unpaired) electrons. The molecule has 0 aliphatic carbocycles. The van der Waals surface area contributed by atoms with E-state index in [2.05, 4.69) is 10.2 Å². The Morgan fingerprint density at radius 3 is 1.90 bits per heavy atom. The summed E-state index contributed by atoms with van der Waals surface area (Å²) in [5.74, 6) is -1.29. The zero-order valence-corrected chi connectivity index (χ0v) is 16.0. The van der Waals surface area contributed by atoms with Gasteiger partial charge < -0.3 is 9.47 Å². The van der Waals surface area contributed by atoms with Crippen LogP contribution < -0.4 is 9.47 Å².